The summed E-state index contributed by atoms with van der Waals surface area (Å²) in [5.41, 5.74) is 0. The van der Waals surface area contributed by atoms with Crippen LogP contribution in [0.1, 0.15) is 19.8 Å². The Morgan fingerprint density at radius 3 is 2.80 bits per heavy atom. The first-order valence-corrected chi connectivity index (χ1v) is 5.46. The van der Waals surface area contributed by atoms with E-state index in [0.29, 0.717) is 6.54 Å². The van der Waals surface area contributed by atoms with Crippen molar-refractivity contribution in [2.75, 3.05) is 19.6 Å². The van der Waals surface area contributed by atoms with Crippen LogP contribution in [0.5, 0.6) is 0 Å². The molecule has 1 rings (SSSR count). The van der Waals surface area contributed by atoms with Crippen molar-refractivity contribution in [3.8, 4) is 0 Å². The lowest BCUT2D eigenvalue weighted by Gasteiger charge is -2.33. The van der Waals surface area contributed by atoms with Crippen LogP contribution in [-0.2, 0) is 4.79 Å². The van der Waals surface area contributed by atoms with Crippen molar-refractivity contribution in [3.05, 3.63) is 12.7 Å². The topological polar surface area (TPSA) is 52.6 Å². The fourth-order valence-electron chi connectivity index (χ4n) is 1.76. The van der Waals surface area contributed by atoms with Crippen molar-refractivity contribution in [2.45, 2.75) is 31.9 Å². The minimum atomic E-state index is -0.190. The molecule has 2 N–H and O–H groups in total. The van der Waals surface area contributed by atoms with Gasteiger partial charge in [0.25, 0.3) is 0 Å². The third-order valence-electron chi connectivity index (χ3n) is 2.85. The van der Waals surface area contributed by atoms with Crippen LogP contribution >= 0.6 is 0 Å². The van der Waals surface area contributed by atoms with Gasteiger partial charge in [-0.25, -0.2) is 0 Å². The van der Waals surface area contributed by atoms with E-state index in [9.17, 15) is 9.90 Å². The summed E-state index contributed by atoms with van der Waals surface area (Å²) in [5.74, 6) is 0.0336. The Morgan fingerprint density at radius 2 is 2.27 bits per heavy atom. The van der Waals surface area contributed by atoms with Gasteiger partial charge < -0.3 is 10.4 Å². The number of likely N-dealkylation sites (tertiary alicyclic amines) is 1. The number of amides is 1. The molecule has 4 heteroatoms. The molecule has 0 aromatic carbocycles. The lowest BCUT2D eigenvalue weighted by atomic mass is 10.1. The van der Waals surface area contributed by atoms with Gasteiger partial charge in [-0.15, -0.1) is 6.58 Å². The second-order valence-electron chi connectivity index (χ2n) is 3.98. The van der Waals surface area contributed by atoms with E-state index in [-0.39, 0.29) is 18.1 Å². The predicted molar refractivity (Wildman–Crippen MR) is 59.5 cm³/mol. The van der Waals surface area contributed by atoms with Crippen LogP contribution in [-0.4, -0.2) is 47.7 Å². The van der Waals surface area contributed by atoms with Crippen LogP contribution in [0.4, 0.5) is 0 Å². The molecule has 1 heterocycles. The largest absolute Gasteiger partial charge is 0.393 e. The molecular formula is C11H20N2O2. The van der Waals surface area contributed by atoms with Crippen molar-refractivity contribution >= 4 is 5.91 Å². The van der Waals surface area contributed by atoms with Gasteiger partial charge in [0, 0.05) is 19.6 Å². The third kappa shape index (κ3) is 3.64. The molecule has 1 fully saturated rings. The number of aliphatic hydroxyl groups is 1. The highest BCUT2D eigenvalue weighted by Gasteiger charge is 2.25. The van der Waals surface area contributed by atoms with Gasteiger partial charge in [-0.05, 0) is 19.8 Å². The average Bonchev–Trinajstić information content (AvgIpc) is 2.26. The van der Waals surface area contributed by atoms with Crippen LogP contribution in [0, 0.1) is 0 Å². The first kappa shape index (κ1) is 12.2. The SMILES string of the molecule is C=CCNC(=O)[C@@H](C)N1CCC(O)CC1. The van der Waals surface area contributed by atoms with Gasteiger partial charge in [0.2, 0.25) is 5.91 Å². The summed E-state index contributed by atoms with van der Waals surface area (Å²) >= 11 is 0. The van der Waals surface area contributed by atoms with Gasteiger partial charge in [0.15, 0.2) is 0 Å². The molecule has 0 radical (unpaired) electrons. The highest BCUT2D eigenvalue weighted by Crippen LogP contribution is 2.12. The van der Waals surface area contributed by atoms with Gasteiger partial charge in [-0.2, -0.15) is 0 Å². The molecule has 0 aromatic rings. The van der Waals surface area contributed by atoms with Crippen molar-refractivity contribution in [1.82, 2.24) is 10.2 Å². The maximum Gasteiger partial charge on any atom is 0.237 e. The molecule has 1 aliphatic heterocycles. The number of hydrogen-bond donors (Lipinski definition) is 2. The molecule has 15 heavy (non-hydrogen) atoms. The lowest BCUT2D eigenvalue weighted by molar-refractivity contribution is -0.126. The standard InChI is InChI=1S/C11H20N2O2/c1-3-6-12-11(15)9(2)13-7-4-10(14)5-8-13/h3,9-10,14H,1,4-8H2,2H3,(H,12,15)/t9-/m1/s1. The maximum atomic E-state index is 11.6. The Bertz CT molecular complexity index is 223. The summed E-state index contributed by atoms with van der Waals surface area (Å²) < 4.78 is 0. The number of aliphatic hydroxyl groups excluding tert-OH is 1. The fourth-order valence-corrected chi connectivity index (χ4v) is 1.76. The predicted octanol–water partition coefficient (Wildman–Crippen LogP) is 0.134. The van der Waals surface area contributed by atoms with Crippen LogP contribution in [0.2, 0.25) is 0 Å². The third-order valence-corrected chi connectivity index (χ3v) is 2.85. The van der Waals surface area contributed by atoms with E-state index in [0.717, 1.165) is 25.9 Å². The van der Waals surface area contributed by atoms with Crippen LogP contribution in [0.15, 0.2) is 12.7 Å². The number of rotatable bonds is 4. The van der Waals surface area contributed by atoms with E-state index >= 15 is 0 Å². The van der Waals surface area contributed by atoms with Gasteiger partial charge in [0.1, 0.15) is 0 Å². The number of carbonyl (C=O) groups is 1. The molecule has 1 saturated heterocycles. The number of nitrogens with zero attached hydrogens (tertiary/aromatic N) is 1. The van der Waals surface area contributed by atoms with Gasteiger partial charge >= 0.3 is 0 Å². The average molecular weight is 212 g/mol. The highest BCUT2D eigenvalue weighted by atomic mass is 16.3. The summed E-state index contributed by atoms with van der Waals surface area (Å²) in [4.78, 5) is 13.7. The Labute approximate surface area is 91.0 Å². The molecular weight excluding hydrogens is 192 g/mol. The zero-order valence-electron chi connectivity index (χ0n) is 9.28. The van der Waals surface area contributed by atoms with Crippen molar-refractivity contribution < 1.29 is 9.90 Å². The molecule has 0 aliphatic carbocycles. The Morgan fingerprint density at radius 1 is 1.67 bits per heavy atom. The monoisotopic (exact) mass is 212 g/mol. The first-order chi connectivity index (χ1) is 7.15. The fraction of sp³-hybridized carbons (Fsp3) is 0.727. The summed E-state index contributed by atoms with van der Waals surface area (Å²) in [7, 11) is 0. The molecule has 86 valence electrons. The molecule has 0 spiro atoms. The summed E-state index contributed by atoms with van der Waals surface area (Å²) in [6, 6.07) is -0.113. The van der Waals surface area contributed by atoms with E-state index in [1.807, 2.05) is 6.92 Å². The number of piperidine rings is 1. The molecule has 1 amide bonds. The smallest absolute Gasteiger partial charge is 0.237 e. The molecule has 0 saturated carbocycles. The molecule has 1 atom stereocenters. The summed E-state index contributed by atoms with van der Waals surface area (Å²) in [6.07, 6.45) is 3.01. The normalized spacial score (nSPS) is 20.9. The zero-order chi connectivity index (χ0) is 11.3. The second-order valence-corrected chi connectivity index (χ2v) is 3.98. The zero-order valence-corrected chi connectivity index (χ0v) is 9.28. The van der Waals surface area contributed by atoms with Crippen molar-refractivity contribution in [2.24, 2.45) is 0 Å². The Hall–Kier alpha value is -0.870. The first-order valence-electron chi connectivity index (χ1n) is 5.46. The van der Waals surface area contributed by atoms with E-state index in [2.05, 4.69) is 16.8 Å². The second kappa shape index (κ2) is 5.88. The number of nitrogens with one attached hydrogen (secondary N) is 1. The van der Waals surface area contributed by atoms with E-state index in [4.69, 9.17) is 0 Å². The minimum Gasteiger partial charge on any atom is -0.393 e. The molecule has 0 aromatic heterocycles. The molecule has 1 aliphatic rings. The summed E-state index contributed by atoms with van der Waals surface area (Å²) in [5, 5.41) is 12.1. The molecule has 4 nitrogen and oxygen atoms in total. The number of carbonyl (C=O) groups excluding carboxylic acids is 1. The van der Waals surface area contributed by atoms with Gasteiger partial charge in [0.05, 0.1) is 12.1 Å². The number of hydrogen-bond acceptors (Lipinski definition) is 3. The van der Waals surface area contributed by atoms with E-state index in [1.54, 1.807) is 6.08 Å². The minimum absolute atomic E-state index is 0.0336. The van der Waals surface area contributed by atoms with E-state index in [1.165, 1.54) is 0 Å². The van der Waals surface area contributed by atoms with Gasteiger partial charge in [-0.1, -0.05) is 6.08 Å². The molecule has 0 unspecified atom stereocenters. The molecule has 0 bridgehead atoms. The van der Waals surface area contributed by atoms with Crippen LogP contribution in [0.25, 0.3) is 0 Å². The van der Waals surface area contributed by atoms with E-state index < -0.39 is 0 Å². The highest BCUT2D eigenvalue weighted by molar-refractivity contribution is 5.81. The van der Waals surface area contributed by atoms with Gasteiger partial charge in [-0.3, -0.25) is 9.69 Å². The van der Waals surface area contributed by atoms with Crippen LogP contribution in [0.3, 0.4) is 0 Å². The Kier molecular flexibility index (Phi) is 4.78. The quantitative estimate of drug-likeness (QED) is 0.651. The maximum absolute atomic E-state index is 11.6. The van der Waals surface area contributed by atoms with Crippen molar-refractivity contribution in [1.29, 1.82) is 0 Å². The summed E-state index contributed by atoms with van der Waals surface area (Å²) in [6.45, 7) is 7.56. The van der Waals surface area contributed by atoms with Crippen LogP contribution < -0.4 is 5.32 Å². The van der Waals surface area contributed by atoms with Crippen molar-refractivity contribution in [3.63, 3.8) is 0 Å². The Balaban J connectivity index is 2.35. The lowest BCUT2D eigenvalue weighted by Crippen LogP contribution is -2.49.